The van der Waals surface area contributed by atoms with Crippen LogP contribution >= 0.6 is 0 Å². The van der Waals surface area contributed by atoms with Gasteiger partial charge >= 0.3 is 0 Å². The number of hydrogen-bond acceptors (Lipinski definition) is 3. The first-order chi connectivity index (χ1) is 8.79. The molecule has 0 bridgehead atoms. The summed E-state index contributed by atoms with van der Waals surface area (Å²) in [5.74, 6) is 0. The minimum Gasteiger partial charge on any atom is -0.358 e. The van der Waals surface area contributed by atoms with Gasteiger partial charge in [-0.2, -0.15) is 0 Å². The fourth-order valence-electron chi connectivity index (χ4n) is 2.18. The van der Waals surface area contributed by atoms with Crippen LogP contribution in [0.1, 0.15) is 16.2 Å². The lowest BCUT2D eigenvalue weighted by atomic mass is 10.1. The summed E-state index contributed by atoms with van der Waals surface area (Å²) in [4.78, 5) is 22.2. The van der Waals surface area contributed by atoms with Crippen LogP contribution in [0.5, 0.6) is 0 Å². The Balaban J connectivity index is 2.30. The average molecular weight is 237 g/mol. The highest BCUT2D eigenvalue weighted by Crippen LogP contribution is 2.30. The lowest BCUT2D eigenvalue weighted by Crippen LogP contribution is -1.91. The summed E-state index contributed by atoms with van der Waals surface area (Å²) < 4.78 is 0. The van der Waals surface area contributed by atoms with Crippen molar-refractivity contribution >= 4 is 17.2 Å². The number of fused-ring (bicyclic) bond motifs is 1. The van der Waals surface area contributed by atoms with Crippen molar-refractivity contribution in [3.05, 3.63) is 48.0 Å². The zero-order valence-electron chi connectivity index (χ0n) is 9.84. The SMILES string of the molecule is Cc1[nH]c2ccccc2c1-c1cc(C=O)ncn1. The summed E-state index contributed by atoms with van der Waals surface area (Å²) in [7, 11) is 0. The molecular weight excluding hydrogens is 226 g/mol. The standard InChI is InChI=1S/C14H11N3O/c1-9-14(11-4-2-3-5-12(11)17-9)13-6-10(7-18)15-8-16-13/h2-8,17H,1H3. The first-order valence-corrected chi connectivity index (χ1v) is 5.64. The van der Waals surface area contributed by atoms with Crippen molar-refractivity contribution < 1.29 is 4.79 Å². The second-order valence-electron chi connectivity index (χ2n) is 4.12. The maximum atomic E-state index is 10.8. The molecule has 0 atom stereocenters. The molecule has 0 spiro atoms. The molecule has 3 aromatic rings. The highest BCUT2D eigenvalue weighted by atomic mass is 16.1. The number of aryl methyl sites for hydroxylation is 1. The summed E-state index contributed by atoms with van der Waals surface area (Å²) in [5, 5.41) is 1.10. The lowest BCUT2D eigenvalue weighted by molar-refractivity contribution is 0.111. The first-order valence-electron chi connectivity index (χ1n) is 5.64. The summed E-state index contributed by atoms with van der Waals surface area (Å²) in [6, 6.07) is 9.74. The molecule has 0 saturated carbocycles. The summed E-state index contributed by atoms with van der Waals surface area (Å²) in [6.07, 6.45) is 2.15. The molecule has 1 aromatic carbocycles. The van der Waals surface area contributed by atoms with E-state index in [1.54, 1.807) is 6.07 Å². The molecule has 0 radical (unpaired) electrons. The van der Waals surface area contributed by atoms with Crippen LogP contribution in [0.2, 0.25) is 0 Å². The molecule has 0 saturated heterocycles. The van der Waals surface area contributed by atoms with Crippen molar-refractivity contribution in [2.75, 3.05) is 0 Å². The van der Waals surface area contributed by atoms with Gasteiger partial charge in [0.2, 0.25) is 0 Å². The van der Waals surface area contributed by atoms with E-state index in [1.165, 1.54) is 6.33 Å². The van der Waals surface area contributed by atoms with Gasteiger partial charge in [-0.25, -0.2) is 9.97 Å². The fourth-order valence-corrected chi connectivity index (χ4v) is 2.18. The number of nitrogens with zero attached hydrogens (tertiary/aromatic N) is 2. The third kappa shape index (κ3) is 1.59. The van der Waals surface area contributed by atoms with E-state index < -0.39 is 0 Å². The molecule has 2 aromatic heterocycles. The molecule has 0 aliphatic carbocycles. The van der Waals surface area contributed by atoms with Crippen molar-refractivity contribution in [1.82, 2.24) is 15.0 Å². The number of carbonyl (C=O) groups is 1. The van der Waals surface area contributed by atoms with Crippen LogP contribution in [0.3, 0.4) is 0 Å². The molecule has 0 aliphatic heterocycles. The largest absolute Gasteiger partial charge is 0.358 e. The first kappa shape index (κ1) is 10.7. The van der Waals surface area contributed by atoms with E-state index in [2.05, 4.69) is 15.0 Å². The predicted molar refractivity (Wildman–Crippen MR) is 69.4 cm³/mol. The predicted octanol–water partition coefficient (Wildman–Crippen LogP) is 2.75. The number of H-pyrrole nitrogens is 1. The zero-order chi connectivity index (χ0) is 12.5. The second-order valence-corrected chi connectivity index (χ2v) is 4.12. The number of aldehydes is 1. The number of rotatable bonds is 2. The van der Waals surface area contributed by atoms with E-state index in [0.717, 1.165) is 34.1 Å². The van der Waals surface area contributed by atoms with Gasteiger partial charge in [0.05, 0.1) is 5.69 Å². The molecule has 0 unspecified atom stereocenters. The summed E-state index contributed by atoms with van der Waals surface area (Å²) in [5.41, 5.74) is 4.28. The third-order valence-electron chi connectivity index (χ3n) is 2.96. The Morgan fingerprint density at radius 1 is 1.22 bits per heavy atom. The monoisotopic (exact) mass is 237 g/mol. The Hall–Kier alpha value is -2.49. The molecule has 0 amide bonds. The van der Waals surface area contributed by atoms with Gasteiger partial charge in [0.25, 0.3) is 0 Å². The highest BCUT2D eigenvalue weighted by Gasteiger charge is 2.11. The van der Waals surface area contributed by atoms with Gasteiger partial charge in [0.15, 0.2) is 6.29 Å². The fraction of sp³-hybridized carbons (Fsp3) is 0.0714. The molecular formula is C14H11N3O. The van der Waals surface area contributed by atoms with Crippen LogP contribution in [0, 0.1) is 6.92 Å². The Morgan fingerprint density at radius 2 is 2.06 bits per heavy atom. The van der Waals surface area contributed by atoms with Gasteiger partial charge in [-0.15, -0.1) is 0 Å². The minimum absolute atomic E-state index is 0.393. The van der Waals surface area contributed by atoms with E-state index in [1.807, 2.05) is 31.2 Å². The molecule has 0 aliphatic rings. The minimum atomic E-state index is 0.393. The number of nitrogens with one attached hydrogen (secondary N) is 1. The maximum Gasteiger partial charge on any atom is 0.168 e. The van der Waals surface area contributed by atoms with E-state index in [4.69, 9.17) is 0 Å². The van der Waals surface area contributed by atoms with Gasteiger partial charge in [-0.3, -0.25) is 4.79 Å². The molecule has 1 N–H and O–H groups in total. The van der Waals surface area contributed by atoms with Crippen LogP contribution < -0.4 is 0 Å². The number of para-hydroxylation sites is 1. The lowest BCUT2D eigenvalue weighted by Gasteiger charge is -2.01. The third-order valence-corrected chi connectivity index (χ3v) is 2.96. The Kier molecular flexibility index (Phi) is 2.41. The summed E-state index contributed by atoms with van der Waals surface area (Å²) >= 11 is 0. The maximum absolute atomic E-state index is 10.8. The molecule has 88 valence electrons. The molecule has 0 fully saturated rings. The van der Waals surface area contributed by atoms with E-state index >= 15 is 0 Å². The van der Waals surface area contributed by atoms with Crippen molar-refractivity contribution in [2.24, 2.45) is 0 Å². The van der Waals surface area contributed by atoms with Gasteiger partial charge in [-0.1, -0.05) is 18.2 Å². The number of benzene rings is 1. The second kappa shape index (κ2) is 4.07. The van der Waals surface area contributed by atoms with Crippen LogP contribution in [0.25, 0.3) is 22.2 Å². The average Bonchev–Trinajstić information content (AvgIpc) is 2.74. The quantitative estimate of drug-likeness (QED) is 0.697. The molecule has 3 rings (SSSR count). The molecule has 2 heterocycles. The number of carbonyl (C=O) groups excluding carboxylic acids is 1. The van der Waals surface area contributed by atoms with Crippen molar-refractivity contribution in [2.45, 2.75) is 6.92 Å². The molecule has 4 nitrogen and oxygen atoms in total. The van der Waals surface area contributed by atoms with Crippen molar-refractivity contribution in [3.63, 3.8) is 0 Å². The van der Waals surface area contributed by atoms with Gasteiger partial charge in [0.1, 0.15) is 12.0 Å². The Labute approximate surface area is 104 Å². The Bertz CT molecular complexity index is 731. The van der Waals surface area contributed by atoms with Gasteiger partial charge in [0, 0.05) is 22.2 Å². The molecule has 4 heteroatoms. The zero-order valence-corrected chi connectivity index (χ0v) is 9.84. The van der Waals surface area contributed by atoms with E-state index in [-0.39, 0.29) is 0 Å². The number of hydrogen-bond donors (Lipinski definition) is 1. The van der Waals surface area contributed by atoms with Gasteiger partial charge in [-0.05, 0) is 19.1 Å². The summed E-state index contributed by atoms with van der Waals surface area (Å²) in [6.45, 7) is 2.00. The van der Waals surface area contributed by atoms with E-state index in [0.29, 0.717) is 5.69 Å². The van der Waals surface area contributed by atoms with Crippen LogP contribution in [-0.2, 0) is 0 Å². The molecule has 18 heavy (non-hydrogen) atoms. The van der Waals surface area contributed by atoms with E-state index in [9.17, 15) is 4.79 Å². The normalized spacial score (nSPS) is 10.7. The highest BCUT2D eigenvalue weighted by molar-refractivity contribution is 5.96. The topological polar surface area (TPSA) is 58.6 Å². The van der Waals surface area contributed by atoms with Crippen molar-refractivity contribution in [1.29, 1.82) is 0 Å². The van der Waals surface area contributed by atoms with Crippen LogP contribution in [0.15, 0.2) is 36.7 Å². The smallest absolute Gasteiger partial charge is 0.168 e. The van der Waals surface area contributed by atoms with Gasteiger partial charge < -0.3 is 4.98 Å². The van der Waals surface area contributed by atoms with Crippen LogP contribution in [0.4, 0.5) is 0 Å². The van der Waals surface area contributed by atoms with Crippen molar-refractivity contribution in [3.8, 4) is 11.3 Å². The number of aromatic amines is 1. The van der Waals surface area contributed by atoms with Crippen LogP contribution in [-0.4, -0.2) is 21.2 Å². The number of aromatic nitrogens is 3. The Morgan fingerprint density at radius 3 is 2.89 bits per heavy atom.